The number of benzene rings is 1. The third-order valence-corrected chi connectivity index (χ3v) is 2.23. The van der Waals surface area contributed by atoms with Gasteiger partial charge in [0.15, 0.2) is 0 Å². The molecular formula is C11H15N3O3. The van der Waals surface area contributed by atoms with Crippen molar-refractivity contribution in [3.8, 4) is 0 Å². The predicted molar refractivity (Wildman–Crippen MR) is 63.4 cm³/mol. The fourth-order valence-electron chi connectivity index (χ4n) is 1.36. The summed E-state index contributed by atoms with van der Waals surface area (Å²) in [6.07, 6.45) is 1.48. The van der Waals surface area contributed by atoms with E-state index in [0.717, 1.165) is 11.1 Å². The van der Waals surface area contributed by atoms with Crippen LogP contribution in [0.5, 0.6) is 0 Å². The summed E-state index contributed by atoms with van der Waals surface area (Å²) in [5.74, 6) is 3.90. The van der Waals surface area contributed by atoms with Gasteiger partial charge in [-0.15, -0.1) is 5.90 Å². The molecule has 0 saturated carbocycles. The highest BCUT2D eigenvalue weighted by Crippen LogP contribution is 2.13. The molecule has 0 bridgehead atoms. The van der Waals surface area contributed by atoms with Gasteiger partial charge >= 0.3 is 5.97 Å². The van der Waals surface area contributed by atoms with E-state index in [0.29, 0.717) is 0 Å². The van der Waals surface area contributed by atoms with Gasteiger partial charge < -0.3 is 15.4 Å². The number of carbonyl (C=O) groups is 1. The lowest BCUT2D eigenvalue weighted by Gasteiger charge is -2.12. The van der Waals surface area contributed by atoms with Gasteiger partial charge in [0.05, 0.1) is 12.8 Å². The number of hydrogen-bond donors (Lipinski definition) is 3. The minimum atomic E-state index is -0.883. The number of carboxylic acids is 1. The number of nitrogens with one attached hydrogen (secondary N) is 1. The van der Waals surface area contributed by atoms with Gasteiger partial charge in [-0.25, -0.2) is 0 Å². The molecule has 0 fully saturated rings. The third-order valence-electron chi connectivity index (χ3n) is 2.23. The Labute approximate surface area is 99.0 Å². The molecule has 1 aromatic rings. The molecule has 1 unspecified atom stereocenters. The first kappa shape index (κ1) is 13.1. The van der Waals surface area contributed by atoms with Gasteiger partial charge in [-0.3, -0.25) is 4.79 Å². The quantitative estimate of drug-likeness (QED) is 0.498. The van der Waals surface area contributed by atoms with Gasteiger partial charge in [-0.05, 0) is 24.1 Å². The smallest absolute Gasteiger partial charge is 0.317 e. The molecule has 0 radical (unpaired) electrons. The normalized spacial score (nSPS) is 12.6. The summed E-state index contributed by atoms with van der Waals surface area (Å²) in [6.45, 7) is 1.81. The fraction of sp³-hybridized carbons (Fsp3) is 0.273. The minimum absolute atomic E-state index is 0.0572. The van der Waals surface area contributed by atoms with E-state index in [1.807, 2.05) is 31.2 Å². The maximum absolute atomic E-state index is 10.4. The van der Waals surface area contributed by atoms with Crippen molar-refractivity contribution >= 4 is 12.2 Å². The van der Waals surface area contributed by atoms with Crippen LogP contribution in [0.15, 0.2) is 29.4 Å². The first-order valence-electron chi connectivity index (χ1n) is 5.08. The van der Waals surface area contributed by atoms with Gasteiger partial charge in [0.2, 0.25) is 0 Å². The Hall–Kier alpha value is -1.92. The standard InChI is InChI=1S/C11H15N3O3/c1-8(13-7-11(15)16)10-4-2-3-9(5-10)6-14-17-12/h2-6,8,13H,7,12H2,1H3,(H,15,16). The fourth-order valence-corrected chi connectivity index (χ4v) is 1.36. The van der Waals surface area contributed by atoms with E-state index >= 15 is 0 Å². The molecule has 0 aliphatic carbocycles. The van der Waals surface area contributed by atoms with Gasteiger partial charge in [0.25, 0.3) is 0 Å². The summed E-state index contributed by atoms with van der Waals surface area (Å²) in [5.41, 5.74) is 1.80. The molecule has 1 atom stereocenters. The van der Waals surface area contributed by atoms with Crippen molar-refractivity contribution in [1.29, 1.82) is 0 Å². The van der Waals surface area contributed by atoms with Gasteiger partial charge in [0, 0.05) is 6.04 Å². The van der Waals surface area contributed by atoms with E-state index in [2.05, 4.69) is 15.4 Å². The molecular weight excluding hydrogens is 222 g/mol. The predicted octanol–water partition coefficient (Wildman–Crippen LogP) is 0.646. The Morgan fingerprint density at radius 3 is 3.12 bits per heavy atom. The van der Waals surface area contributed by atoms with E-state index in [1.54, 1.807) is 0 Å². The van der Waals surface area contributed by atoms with E-state index in [-0.39, 0.29) is 12.6 Å². The van der Waals surface area contributed by atoms with E-state index in [9.17, 15) is 4.79 Å². The van der Waals surface area contributed by atoms with Crippen LogP contribution in [0.25, 0.3) is 0 Å². The molecule has 0 aliphatic heterocycles. The summed E-state index contributed by atoms with van der Waals surface area (Å²) >= 11 is 0. The highest BCUT2D eigenvalue weighted by Gasteiger charge is 2.06. The Kier molecular flexibility index (Phi) is 5.12. The number of aliphatic carboxylic acids is 1. The molecule has 6 heteroatoms. The van der Waals surface area contributed by atoms with Crippen LogP contribution in [0.2, 0.25) is 0 Å². The summed E-state index contributed by atoms with van der Waals surface area (Å²) < 4.78 is 0. The second-order valence-electron chi connectivity index (χ2n) is 3.51. The van der Waals surface area contributed by atoms with Crippen LogP contribution < -0.4 is 11.2 Å². The average molecular weight is 237 g/mol. The van der Waals surface area contributed by atoms with Gasteiger partial charge in [0.1, 0.15) is 0 Å². The lowest BCUT2D eigenvalue weighted by atomic mass is 10.1. The maximum atomic E-state index is 10.4. The van der Waals surface area contributed by atoms with Crippen molar-refractivity contribution in [1.82, 2.24) is 5.32 Å². The molecule has 0 saturated heterocycles. The third kappa shape index (κ3) is 4.62. The highest BCUT2D eigenvalue weighted by molar-refractivity contribution is 5.79. The molecule has 6 nitrogen and oxygen atoms in total. The average Bonchev–Trinajstić information content (AvgIpc) is 2.33. The van der Waals surface area contributed by atoms with Crippen LogP contribution >= 0.6 is 0 Å². The molecule has 0 amide bonds. The van der Waals surface area contributed by atoms with Crippen LogP contribution in [0, 0.1) is 0 Å². The van der Waals surface area contributed by atoms with Crippen LogP contribution in [0.3, 0.4) is 0 Å². The van der Waals surface area contributed by atoms with E-state index in [4.69, 9.17) is 11.0 Å². The Morgan fingerprint density at radius 2 is 2.47 bits per heavy atom. The summed E-state index contributed by atoms with van der Waals surface area (Å²) in [6, 6.07) is 7.42. The van der Waals surface area contributed by atoms with E-state index in [1.165, 1.54) is 6.21 Å². The molecule has 0 aliphatic rings. The monoisotopic (exact) mass is 237 g/mol. The maximum Gasteiger partial charge on any atom is 0.317 e. The van der Waals surface area contributed by atoms with Gasteiger partial charge in [-0.1, -0.05) is 23.4 Å². The van der Waals surface area contributed by atoms with Crippen LogP contribution in [-0.2, 0) is 9.73 Å². The zero-order valence-corrected chi connectivity index (χ0v) is 9.46. The SMILES string of the molecule is CC(NCC(=O)O)c1cccc(C=NON)c1. The Bertz CT molecular complexity index is 407. The molecule has 0 heterocycles. The minimum Gasteiger partial charge on any atom is -0.480 e. The first-order valence-corrected chi connectivity index (χ1v) is 5.08. The molecule has 0 spiro atoms. The number of nitrogens with two attached hydrogens (primary N) is 1. The Balaban J connectivity index is 2.69. The van der Waals surface area contributed by atoms with Crippen LogP contribution in [-0.4, -0.2) is 23.8 Å². The second-order valence-corrected chi connectivity index (χ2v) is 3.51. The number of oxime groups is 1. The number of carboxylic acid groups (broad SMARTS) is 1. The number of rotatable bonds is 6. The zero-order valence-electron chi connectivity index (χ0n) is 9.46. The van der Waals surface area contributed by atoms with Crippen molar-refractivity contribution in [2.45, 2.75) is 13.0 Å². The summed E-state index contributed by atoms with van der Waals surface area (Å²) in [4.78, 5) is 14.5. The lowest BCUT2D eigenvalue weighted by molar-refractivity contribution is -0.136. The second kappa shape index (κ2) is 6.62. The molecule has 4 N–H and O–H groups in total. The molecule has 17 heavy (non-hydrogen) atoms. The van der Waals surface area contributed by atoms with E-state index < -0.39 is 5.97 Å². The lowest BCUT2D eigenvalue weighted by Crippen LogP contribution is -2.25. The Morgan fingerprint density at radius 1 is 1.71 bits per heavy atom. The van der Waals surface area contributed by atoms with Crippen molar-refractivity contribution in [3.63, 3.8) is 0 Å². The summed E-state index contributed by atoms with van der Waals surface area (Å²) in [5, 5.41) is 14.9. The topological polar surface area (TPSA) is 96.9 Å². The first-order chi connectivity index (χ1) is 8.13. The largest absolute Gasteiger partial charge is 0.480 e. The molecule has 0 aromatic heterocycles. The van der Waals surface area contributed by atoms with Crippen molar-refractivity contribution in [3.05, 3.63) is 35.4 Å². The number of hydrogen-bond acceptors (Lipinski definition) is 5. The van der Waals surface area contributed by atoms with Crippen molar-refractivity contribution < 1.29 is 14.8 Å². The van der Waals surface area contributed by atoms with Gasteiger partial charge in [-0.2, -0.15) is 0 Å². The number of nitrogens with zero attached hydrogens (tertiary/aromatic N) is 1. The molecule has 1 rings (SSSR count). The molecule has 92 valence electrons. The summed E-state index contributed by atoms with van der Waals surface area (Å²) in [7, 11) is 0. The highest BCUT2D eigenvalue weighted by atomic mass is 16.7. The van der Waals surface area contributed by atoms with Crippen LogP contribution in [0.4, 0.5) is 0 Å². The van der Waals surface area contributed by atoms with Crippen molar-refractivity contribution in [2.75, 3.05) is 6.54 Å². The van der Waals surface area contributed by atoms with Crippen molar-refractivity contribution in [2.24, 2.45) is 11.1 Å². The molecule has 1 aromatic carbocycles. The van der Waals surface area contributed by atoms with Crippen LogP contribution in [0.1, 0.15) is 24.1 Å². The zero-order chi connectivity index (χ0) is 12.7.